The van der Waals surface area contributed by atoms with E-state index in [1.54, 1.807) is 24.3 Å². The van der Waals surface area contributed by atoms with Crippen LogP contribution in [-0.4, -0.2) is 17.6 Å². The van der Waals surface area contributed by atoms with Gasteiger partial charge in [-0.1, -0.05) is 35.9 Å². The number of carbonyl (C=O) groups excluding carboxylic acids is 1. The van der Waals surface area contributed by atoms with Crippen molar-refractivity contribution in [3.05, 3.63) is 65.2 Å². The van der Waals surface area contributed by atoms with Gasteiger partial charge in [0.25, 0.3) is 5.91 Å². The van der Waals surface area contributed by atoms with E-state index in [9.17, 15) is 4.79 Å². The zero-order valence-corrected chi connectivity index (χ0v) is 13.1. The first-order chi connectivity index (χ1) is 10.1. The molecule has 0 unspecified atom stereocenters. The van der Waals surface area contributed by atoms with Crippen LogP contribution >= 0.6 is 23.8 Å². The molecule has 3 nitrogen and oxygen atoms in total. The molecule has 0 aliphatic rings. The van der Waals surface area contributed by atoms with Crippen LogP contribution in [0.15, 0.2) is 54.6 Å². The number of nitrogens with one attached hydrogen (secondary N) is 1. The summed E-state index contributed by atoms with van der Waals surface area (Å²) in [6.07, 6.45) is 0. The van der Waals surface area contributed by atoms with Crippen molar-refractivity contribution in [3.63, 3.8) is 0 Å². The Morgan fingerprint density at radius 3 is 2.52 bits per heavy atom. The average Bonchev–Trinajstić information content (AvgIpc) is 2.49. The lowest BCUT2D eigenvalue weighted by atomic mass is 10.2. The van der Waals surface area contributed by atoms with E-state index < -0.39 is 0 Å². The maximum atomic E-state index is 12.2. The van der Waals surface area contributed by atoms with Gasteiger partial charge >= 0.3 is 0 Å². The van der Waals surface area contributed by atoms with Crippen molar-refractivity contribution in [1.82, 2.24) is 5.32 Å². The maximum Gasteiger partial charge on any atom is 0.257 e. The minimum atomic E-state index is -0.267. The lowest BCUT2D eigenvalue weighted by Gasteiger charge is -2.23. The molecule has 0 heterocycles. The third-order valence-electron chi connectivity index (χ3n) is 2.94. The van der Waals surface area contributed by atoms with E-state index in [4.69, 9.17) is 23.8 Å². The number of benzene rings is 2. The molecular weight excluding hydrogens is 304 g/mol. The molecule has 21 heavy (non-hydrogen) atoms. The number of carbonyl (C=O) groups is 1. The van der Waals surface area contributed by atoms with E-state index in [0.29, 0.717) is 22.2 Å². The van der Waals surface area contributed by atoms with Gasteiger partial charge in [0.1, 0.15) is 0 Å². The maximum absolute atomic E-state index is 12.2. The zero-order valence-electron chi connectivity index (χ0n) is 11.5. The quantitative estimate of drug-likeness (QED) is 0.872. The number of hydrogen-bond donors (Lipinski definition) is 1. The van der Waals surface area contributed by atoms with Crippen LogP contribution < -0.4 is 10.2 Å². The molecular formula is C16H15ClN2OS. The summed E-state index contributed by atoms with van der Waals surface area (Å²) in [5.41, 5.74) is 1.42. The molecule has 0 fully saturated rings. The molecule has 1 N–H and O–H groups in total. The standard InChI is InChI=1S/C16H15ClN2OS/c1-2-19(14-9-4-3-5-10-14)16(21)18-15(20)12-7-6-8-13(17)11-12/h3-11H,2H2,1H3,(H,18,20,21). The molecule has 0 saturated heterocycles. The third kappa shape index (κ3) is 4.03. The SMILES string of the molecule is CCN(C(=S)NC(=O)c1cccc(Cl)c1)c1ccccc1. The van der Waals surface area contributed by atoms with E-state index >= 15 is 0 Å². The Labute approximate surface area is 134 Å². The Morgan fingerprint density at radius 2 is 1.90 bits per heavy atom. The average molecular weight is 319 g/mol. The Kier molecular flexibility index (Phi) is 5.31. The highest BCUT2D eigenvalue weighted by molar-refractivity contribution is 7.80. The van der Waals surface area contributed by atoms with Gasteiger partial charge in [0.15, 0.2) is 5.11 Å². The molecule has 108 valence electrons. The van der Waals surface area contributed by atoms with Gasteiger partial charge in [-0.05, 0) is 49.5 Å². The van der Waals surface area contributed by atoms with Crippen LogP contribution in [0.5, 0.6) is 0 Å². The fraction of sp³-hybridized carbons (Fsp3) is 0.125. The molecule has 2 aromatic rings. The topological polar surface area (TPSA) is 32.3 Å². The second kappa shape index (κ2) is 7.20. The smallest absolute Gasteiger partial charge is 0.257 e. The van der Waals surface area contributed by atoms with E-state index in [2.05, 4.69) is 5.32 Å². The molecule has 2 rings (SSSR count). The van der Waals surface area contributed by atoms with Crippen LogP contribution in [0.1, 0.15) is 17.3 Å². The molecule has 0 spiro atoms. The van der Waals surface area contributed by atoms with E-state index in [0.717, 1.165) is 5.69 Å². The summed E-state index contributed by atoms with van der Waals surface area (Å²) in [6, 6.07) is 16.4. The van der Waals surface area contributed by atoms with Gasteiger partial charge in [-0.3, -0.25) is 10.1 Å². The predicted molar refractivity (Wildman–Crippen MR) is 91.0 cm³/mol. The summed E-state index contributed by atoms with van der Waals surface area (Å²) in [5.74, 6) is -0.267. The summed E-state index contributed by atoms with van der Waals surface area (Å²) >= 11 is 11.2. The second-order valence-corrected chi connectivity index (χ2v) is 5.17. The summed E-state index contributed by atoms with van der Waals surface area (Å²) < 4.78 is 0. The van der Waals surface area contributed by atoms with Crippen molar-refractivity contribution in [1.29, 1.82) is 0 Å². The number of halogens is 1. The fourth-order valence-corrected chi connectivity index (χ4v) is 2.44. The van der Waals surface area contributed by atoms with Gasteiger partial charge in [-0.25, -0.2) is 0 Å². The van der Waals surface area contributed by atoms with Crippen molar-refractivity contribution >= 4 is 40.5 Å². The normalized spacial score (nSPS) is 10.0. The van der Waals surface area contributed by atoms with Crippen LogP contribution in [0, 0.1) is 0 Å². The van der Waals surface area contributed by atoms with E-state index in [1.165, 1.54) is 0 Å². The first-order valence-electron chi connectivity index (χ1n) is 6.55. The molecule has 2 aromatic carbocycles. The molecule has 0 saturated carbocycles. The van der Waals surface area contributed by atoms with Crippen LogP contribution in [0.2, 0.25) is 5.02 Å². The first kappa shape index (κ1) is 15.5. The molecule has 0 aromatic heterocycles. The highest BCUT2D eigenvalue weighted by Gasteiger charge is 2.14. The van der Waals surface area contributed by atoms with Gasteiger partial charge in [-0.15, -0.1) is 0 Å². The molecule has 0 aliphatic heterocycles. The van der Waals surface area contributed by atoms with Crippen molar-refractivity contribution in [2.45, 2.75) is 6.92 Å². The summed E-state index contributed by atoms with van der Waals surface area (Å²) in [6.45, 7) is 2.64. The Balaban J connectivity index is 2.11. The number of para-hydroxylation sites is 1. The summed E-state index contributed by atoms with van der Waals surface area (Å²) in [5, 5.41) is 3.62. The van der Waals surface area contributed by atoms with Crippen molar-refractivity contribution in [3.8, 4) is 0 Å². The molecule has 0 aliphatic carbocycles. The Morgan fingerprint density at radius 1 is 1.19 bits per heavy atom. The van der Waals surface area contributed by atoms with E-state index in [1.807, 2.05) is 42.2 Å². The predicted octanol–water partition coefficient (Wildman–Crippen LogP) is 3.88. The largest absolute Gasteiger partial charge is 0.319 e. The highest BCUT2D eigenvalue weighted by atomic mass is 35.5. The summed E-state index contributed by atoms with van der Waals surface area (Å²) in [4.78, 5) is 14.0. The number of thiocarbonyl (C=S) groups is 1. The highest BCUT2D eigenvalue weighted by Crippen LogP contribution is 2.14. The molecule has 0 bridgehead atoms. The van der Waals surface area contributed by atoms with Crippen molar-refractivity contribution < 1.29 is 4.79 Å². The van der Waals surface area contributed by atoms with Crippen LogP contribution in [0.25, 0.3) is 0 Å². The molecule has 1 amide bonds. The third-order valence-corrected chi connectivity index (χ3v) is 3.49. The zero-order chi connectivity index (χ0) is 15.2. The number of amides is 1. The lowest BCUT2D eigenvalue weighted by molar-refractivity contribution is 0.0977. The molecule has 5 heteroatoms. The van der Waals surface area contributed by atoms with Gasteiger partial charge in [-0.2, -0.15) is 0 Å². The number of hydrogen-bond acceptors (Lipinski definition) is 2. The Hall–Kier alpha value is -1.91. The van der Waals surface area contributed by atoms with Gasteiger partial charge < -0.3 is 4.90 Å². The second-order valence-electron chi connectivity index (χ2n) is 4.35. The van der Waals surface area contributed by atoms with E-state index in [-0.39, 0.29) is 5.91 Å². The lowest BCUT2D eigenvalue weighted by Crippen LogP contribution is -2.42. The fourth-order valence-electron chi connectivity index (χ4n) is 1.92. The van der Waals surface area contributed by atoms with Gasteiger partial charge in [0.2, 0.25) is 0 Å². The number of nitrogens with zero attached hydrogens (tertiary/aromatic N) is 1. The van der Waals surface area contributed by atoms with Crippen molar-refractivity contribution in [2.24, 2.45) is 0 Å². The van der Waals surface area contributed by atoms with Crippen LogP contribution in [0.3, 0.4) is 0 Å². The van der Waals surface area contributed by atoms with Gasteiger partial charge in [0.05, 0.1) is 0 Å². The van der Waals surface area contributed by atoms with Crippen LogP contribution in [0.4, 0.5) is 5.69 Å². The molecule has 0 radical (unpaired) electrons. The van der Waals surface area contributed by atoms with Crippen LogP contribution in [-0.2, 0) is 0 Å². The minimum Gasteiger partial charge on any atom is -0.319 e. The minimum absolute atomic E-state index is 0.267. The number of anilines is 1. The van der Waals surface area contributed by atoms with Crippen molar-refractivity contribution in [2.75, 3.05) is 11.4 Å². The monoisotopic (exact) mass is 318 g/mol. The molecule has 0 atom stereocenters. The number of rotatable bonds is 3. The first-order valence-corrected chi connectivity index (χ1v) is 7.34. The van der Waals surface area contributed by atoms with Gasteiger partial charge in [0, 0.05) is 22.8 Å². The summed E-state index contributed by atoms with van der Waals surface area (Å²) in [7, 11) is 0. The Bertz CT molecular complexity index is 646.